The van der Waals surface area contributed by atoms with E-state index in [0.29, 0.717) is 6.61 Å². The molecule has 0 unspecified atom stereocenters. The zero-order valence-corrected chi connectivity index (χ0v) is 13.6. The summed E-state index contributed by atoms with van der Waals surface area (Å²) >= 11 is 0. The quantitative estimate of drug-likeness (QED) is 0.744. The van der Waals surface area contributed by atoms with Gasteiger partial charge in [0.1, 0.15) is 12.4 Å². The monoisotopic (exact) mass is 310 g/mol. The van der Waals surface area contributed by atoms with Crippen LogP contribution in [0.4, 0.5) is 0 Å². The van der Waals surface area contributed by atoms with E-state index in [9.17, 15) is 4.79 Å². The van der Waals surface area contributed by atoms with Crippen molar-refractivity contribution in [2.75, 3.05) is 0 Å². The molecule has 0 aromatic heterocycles. The predicted molar refractivity (Wildman–Crippen MR) is 92.5 cm³/mol. The molecule has 120 valence electrons. The summed E-state index contributed by atoms with van der Waals surface area (Å²) in [5, 5.41) is 9.03. The van der Waals surface area contributed by atoms with Gasteiger partial charge < -0.3 is 9.84 Å². The highest BCUT2D eigenvalue weighted by Crippen LogP contribution is 2.27. The van der Waals surface area contributed by atoms with Crippen LogP contribution in [0.1, 0.15) is 36.5 Å². The van der Waals surface area contributed by atoms with Gasteiger partial charge in [-0.3, -0.25) is 0 Å². The van der Waals surface area contributed by atoms with Crippen LogP contribution >= 0.6 is 0 Å². The lowest BCUT2D eigenvalue weighted by Gasteiger charge is -2.12. The summed E-state index contributed by atoms with van der Waals surface area (Å²) in [5.74, 6) is -0.112. The molecule has 0 aliphatic rings. The summed E-state index contributed by atoms with van der Waals surface area (Å²) in [5.41, 5.74) is 3.97. The number of ether oxygens (including phenoxy) is 1. The van der Waals surface area contributed by atoms with Gasteiger partial charge in [-0.15, -0.1) is 0 Å². The lowest BCUT2D eigenvalue weighted by atomic mass is 9.96. The third-order valence-electron chi connectivity index (χ3n) is 3.61. The third kappa shape index (κ3) is 4.99. The molecule has 2 aromatic carbocycles. The van der Waals surface area contributed by atoms with Crippen LogP contribution < -0.4 is 4.74 Å². The fraction of sp³-hybridized carbons (Fsp3) is 0.250. The molecule has 3 heteroatoms. The Morgan fingerprint density at radius 1 is 1.17 bits per heavy atom. The second-order valence-corrected chi connectivity index (χ2v) is 5.51. The van der Waals surface area contributed by atoms with Crippen molar-refractivity contribution in [1.29, 1.82) is 0 Å². The molecular weight excluding hydrogens is 288 g/mol. The number of carboxylic acid groups (broad SMARTS) is 1. The van der Waals surface area contributed by atoms with E-state index in [2.05, 4.69) is 0 Å². The molecule has 0 fully saturated rings. The Bertz CT molecular complexity index is 687. The number of carboxylic acids is 1. The molecule has 0 heterocycles. The van der Waals surface area contributed by atoms with Gasteiger partial charge in [0.15, 0.2) is 0 Å². The van der Waals surface area contributed by atoms with Crippen LogP contribution in [0.2, 0.25) is 0 Å². The van der Waals surface area contributed by atoms with Crippen LogP contribution in [0.25, 0.3) is 5.57 Å². The maximum Gasteiger partial charge on any atom is 0.328 e. The molecule has 0 amide bonds. The van der Waals surface area contributed by atoms with E-state index in [4.69, 9.17) is 9.84 Å². The highest BCUT2D eigenvalue weighted by atomic mass is 16.5. The van der Waals surface area contributed by atoms with Crippen molar-refractivity contribution in [3.63, 3.8) is 0 Å². The van der Waals surface area contributed by atoms with Crippen LogP contribution in [0.5, 0.6) is 5.75 Å². The second-order valence-electron chi connectivity index (χ2n) is 5.51. The molecule has 0 spiro atoms. The maximum atomic E-state index is 11.0. The Morgan fingerprint density at radius 3 is 2.52 bits per heavy atom. The van der Waals surface area contributed by atoms with E-state index in [-0.39, 0.29) is 0 Å². The fourth-order valence-electron chi connectivity index (χ4n) is 2.53. The molecular formula is C20H22O3. The number of aliphatic carboxylic acids is 1. The maximum absolute atomic E-state index is 11.0. The molecule has 0 bridgehead atoms. The van der Waals surface area contributed by atoms with E-state index in [0.717, 1.165) is 40.9 Å². The van der Waals surface area contributed by atoms with Gasteiger partial charge in [0.2, 0.25) is 0 Å². The van der Waals surface area contributed by atoms with Crippen LogP contribution in [0, 0.1) is 6.92 Å². The summed E-state index contributed by atoms with van der Waals surface area (Å²) in [4.78, 5) is 11.0. The number of hydrogen-bond donors (Lipinski definition) is 1. The van der Waals surface area contributed by atoms with Gasteiger partial charge in [-0.05, 0) is 47.7 Å². The number of aryl methyl sites for hydroxylation is 1. The van der Waals surface area contributed by atoms with Crippen molar-refractivity contribution in [3.05, 3.63) is 71.3 Å². The van der Waals surface area contributed by atoms with Gasteiger partial charge in [-0.25, -0.2) is 4.79 Å². The minimum absolute atomic E-state index is 0.520. The highest BCUT2D eigenvalue weighted by Gasteiger charge is 2.08. The molecule has 23 heavy (non-hydrogen) atoms. The van der Waals surface area contributed by atoms with E-state index in [1.807, 2.05) is 62.4 Å². The predicted octanol–water partition coefficient (Wildman–Crippen LogP) is 4.84. The standard InChI is InChI=1S/C20H22O3/c1-3-7-17(13-20(21)22)19-11-10-18(12-15(19)2)23-14-16-8-5-4-6-9-16/h4-6,8-13H,3,7,14H2,1-2H3,(H,21,22)/b17-13+. The van der Waals surface area contributed by atoms with Gasteiger partial charge in [0.05, 0.1) is 0 Å². The Morgan fingerprint density at radius 2 is 1.91 bits per heavy atom. The fourth-order valence-corrected chi connectivity index (χ4v) is 2.53. The summed E-state index contributed by atoms with van der Waals surface area (Å²) in [7, 11) is 0. The smallest absolute Gasteiger partial charge is 0.328 e. The van der Waals surface area contributed by atoms with Crippen LogP contribution in [-0.2, 0) is 11.4 Å². The van der Waals surface area contributed by atoms with Crippen molar-refractivity contribution in [2.24, 2.45) is 0 Å². The van der Waals surface area contributed by atoms with Crippen molar-refractivity contribution < 1.29 is 14.6 Å². The Kier molecular flexibility index (Phi) is 5.98. The third-order valence-corrected chi connectivity index (χ3v) is 3.61. The SMILES string of the molecule is CCC/C(=C\C(=O)O)c1ccc(OCc2ccccc2)cc1C. The molecule has 1 N–H and O–H groups in total. The normalized spacial score (nSPS) is 11.3. The number of benzene rings is 2. The van der Waals surface area contributed by atoms with Gasteiger partial charge in [0, 0.05) is 6.08 Å². The van der Waals surface area contributed by atoms with Gasteiger partial charge >= 0.3 is 5.97 Å². The minimum atomic E-state index is -0.905. The zero-order valence-electron chi connectivity index (χ0n) is 13.6. The molecule has 3 nitrogen and oxygen atoms in total. The zero-order chi connectivity index (χ0) is 16.7. The van der Waals surface area contributed by atoms with Crippen LogP contribution in [0.3, 0.4) is 0 Å². The van der Waals surface area contributed by atoms with Gasteiger partial charge in [0.25, 0.3) is 0 Å². The Labute approximate surface area is 137 Å². The number of rotatable bonds is 7. The Balaban J connectivity index is 2.15. The molecule has 2 rings (SSSR count). The molecule has 2 aromatic rings. The van der Waals surface area contributed by atoms with Crippen molar-refractivity contribution in [2.45, 2.75) is 33.3 Å². The minimum Gasteiger partial charge on any atom is -0.489 e. The van der Waals surface area contributed by atoms with E-state index in [1.165, 1.54) is 6.08 Å². The summed E-state index contributed by atoms with van der Waals surface area (Å²) in [6.45, 7) is 4.55. The van der Waals surface area contributed by atoms with Gasteiger partial charge in [-0.1, -0.05) is 49.7 Å². The Hall–Kier alpha value is -2.55. The topological polar surface area (TPSA) is 46.5 Å². The first-order valence-corrected chi connectivity index (χ1v) is 7.81. The lowest BCUT2D eigenvalue weighted by molar-refractivity contribution is -0.131. The first kappa shape index (κ1) is 16.8. The number of allylic oxidation sites excluding steroid dienone is 1. The van der Waals surface area contributed by atoms with Crippen LogP contribution in [-0.4, -0.2) is 11.1 Å². The number of hydrogen-bond acceptors (Lipinski definition) is 2. The highest BCUT2D eigenvalue weighted by molar-refractivity contribution is 5.90. The summed E-state index contributed by atoms with van der Waals surface area (Å²) in [6, 6.07) is 15.8. The lowest BCUT2D eigenvalue weighted by Crippen LogP contribution is -1.98. The average Bonchev–Trinajstić information content (AvgIpc) is 2.53. The summed E-state index contributed by atoms with van der Waals surface area (Å²) in [6.07, 6.45) is 2.96. The molecule has 0 aliphatic heterocycles. The van der Waals surface area contributed by atoms with Crippen molar-refractivity contribution >= 4 is 11.5 Å². The molecule has 0 aliphatic carbocycles. The molecule has 0 saturated carbocycles. The van der Waals surface area contributed by atoms with Crippen LogP contribution in [0.15, 0.2) is 54.6 Å². The average molecular weight is 310 g/mol. The first-order chi connectivity index (χ1) is 11.1. The molecule has 0 saturated heterocycles. The van der Waals surface area contributed by atoms with Crippen molar-refractivity contribution in [1.82, 2.24) is 0 Å². The van der Waals surface area contributed by atoms with Gasteiger partial charge in [-0.2, -0.15) is 0 Å². The first-order valence-electron chi connectivity index (χ1n) is 7.81. The largest absolute Gasteiger partial charge is 0.489 e. The second kappa shape index (κ2) is 8.18. The van der Waals surface area contributed by atoms with Crippen molar-refractivity contribution in [3.8, 4) is 5.75 Å². The van der Waals surface area contributed by atoms with E-state index in [1.54, 1.807) is 0 Å². The van der Waals surface area contributed by atoms with E-state index >= 15 is 0 Å². The molecule has 0 atom stereocenters. The number of carbonyl (C=O) groups is 1. The summed E-state index contributed by atoms with van der Waals surface area (Å²) < 4.78 is 5.81. The molecule has 0 radical (unpaired) electrons. The van der Waals surface area contributed by atoms with E-state index < -0.39 is 5.97 Å².